The zero-order chi connectivity index (χ0) is 13.4. The molecule has 6 heteroatoms. The third kappa shape index (κ3) is 1.89. The first-order chi connectivity index (χ1) is 9.15. The zero-order valence-electron chi connectivity index (χ0n) is 9.68. The molecule has 0 fully saturated rings. The van der Waals surface area contributed by atoms with Gasteiger partial charge in [-0.25, -0.2) is 9.78 Å². The largest absolute Gasteiger partial charge is 0.478 e. The molecule has 3 rings (SSSR count). The van der Waals surface area contributed by atoms with E-state index in [4.69, 9.17) is 5.11 Å². The van der Waals surface area contributed by atoms with Crippen molar-refractivity contribution in [2.75, 3.05) is 0 Å². The summed E-state index contributed by atoms with van der Waals surface area (Å²) in [5.74, 6) is -0.509. The minimum atomic E-state index is -1.02. The van der Waals surface area contributed by atoms with Crippen molar-refractivity contribution in [3.63, 3.8) is 0 Å². The van der Waals surface area contributed by atoms with Crippen LogP contribution in [0.4, 0.5) is 0 Å². The average Bonchev–Trinajstić information content (AvgIpc) is 2.82. The topological polar surface area (TPSA) is 98.8 Å². The van der Waals surface area contributed by atoms with E-state index >= 15 is 0 Å². The lowest BCUT2D eigenvalue weighted by molar-refractivity contribution is 0.0699. The molecule has 2 aromatic heterocycles. The Balaban J connectivity index is 2.21. The number of aromatic amines is 2. The van der Waals surface area contributed by atoms with E-state index in [-0.39, 0.29) is 11.1 Å². The second-order valence-corrected chi connectivity index (χ2v) is 4.03. The van der Waals surface area contributed by atoms with E-state index < -0.39 is 5.97 Å². The molecule has 0 radical (unpaired) electrons. The second kappa shape index (κ2) is 4.09. The number of benzene rings is 1. The predicted octanol–water partition coefficient (Wildman–Crippen LogP) is 1.62. The normalized spacial score (nSPS) is 10.7. The number of imidazole rings is 1. The number of rotatable bonds is 2. The van der Waals surface area contributed by atoms with Gasteiger partial charge >= 0.3 is 5.97 Å². The van der Waals surface area contributed by atoms with Crippen molar-refractivity contribution >= 4 is 17.0 Å². The number of aromatic carboxylic acids is 1. The van der Waals surface area contributed by atoms with E-state index in [2.05, 4.69) is 15.0 Å². The highest BCUT2D eigenvalue weighted by Gasteiger charge is 2.13. The van der Waals surface area contributed by atoms with Crippen molar-refractivity contribution in [2.24, 2.45) is 0 Å². The smallest absolute Gasteiger partial charge is 0.337 e. The molecule has 2 heterocycles. The molecule has 0 saturated carbocycles. The number of nitrogens with zero attached hydrogens (tertiary/aromatic N) is 1. The van der Waals surface area contributed by atoms with Gasteiger partial charge in [-0.1, -0.05) is 6.07 Å². The molecule has 0 unspecified atom stereocenters. The van der Waals surface area contributed by atoms with E-state index in [9.17, 15) is 9.59 Å². The molecular formula is C13H9N3O3. The van der Waals surface area contributed by atoms with Crippen molar-refractivity contribution in [1.29, 1.82) is 0 Å². The minimum Gasteiger partial charge on any atom is -0.478 e. The van der Waals surface area contributed by atoms with Gasteiger partial charge in [0.15, 0.2) is 0 Å². The van der Waals surface area contributed by atoms with Gasteiger partial charge in [0.25, 0.3) is 0 Å². The van der Waals surface area contributed by atoms with Crippen LogP contribution >= 0.6 is 0 Å². The Morgan fingerprint density at radius 1 is 1.21 bits per heavy atom. The zero-order valence-corrected chi connectivity index (χ0v) is 9.68. The maximum absolute atomic E-state index is 11.1. The number of fused-ring (bicyclic) bond motifs is 1. The number of carbonyl (C=O) groups is 1. The molecule has 19 heavy (non-hydrogen) atoms. The van der Waals surface area contributed by atoms with Crippen molar-refractivity contribution in [3.05, 3.63) is 52.4 Å². The van der Waals surface area contributed by atoms with Crippen LogP contribution in [0.3, 0.4) is 0 Å². The number of carboxylic acids is 1. The SMILES string of the molecule is O=C(O)c1cccc2[nH]c(-c3ccc(=O)[nH]c3)nc12. The highest BCUT2D eigenvalue weighted by molar-refractivity contribution is 6.01. The average molecular weight is 255 g/mol. The fraction of sp³-hybridized carbons (Fsp3) is 0. The van der Waals surface area contributed by atoms with Gasteiger partial charge in [-0.05, 0) is 18.2 Å². The number of H-pyrrole nitrogens is 2. The summed E-state index contributed by atoms with van der Waals surface area (Å²) in [6.45, 7) is 0. The molecule has 0 aliphatic carbocycles. The van der Waals surface area contributed by atoms with E-state index in [1.807, 2.05) is 0 Å². The first-order valence-electron chi connectivity index (χ1n) is 5.56. The molecule has 94 valence electrons. The van der Waals surface area contributed by atoms with Crippen LogP contribution in [-0.2, 0) is 0 Å². The van der Waals surface area contributed by atoms with E-state index in [0.29, 0.717) is 22.4 Å². The molecule has 0 aliphatic heterocycles. The van der Waals surface area contributed by atoms with Crippen LogP contribution in [0.1, 0.15) is 10.4 Å². The third-order valence-corrected chi connectivity index (χ3v) is 2.80. The summed E-state index contributed by atoms with van der Waals surface area (Å²) in [6, 6.07) is 7.92. The summed E-state index contributed by atoms with van der Waals surface area (Å²) in [5.41, 5.74) is 1.67. The Morgan fingerprint density at radius 2 is 2.05 bits per heavy atom. The first-order valence-corrected chi connectivity index (χ1v) is 5.56. The minimum absolute atomic E-state index is 0.143. The highest BCUT2D eigenvalue weighted by Crippen LogP contribution is 2.21. The molecule has 0 amide bonds. The van der Waals surface area contributed by atoms with Gasteiger partial charge < -0.3 is 15.1 Å². The van der Waals surface area contributed by atoms with Gasteiger partial charge in [-0.15, -0.1) is 0 Å². The number of pyridine rings is 1. The number of aromatic nitrogens is 3. The van der Waals surface area contributed by atoms with E-state index in [0.717, 1.165) is 0 Å². The lowest BCUT2D eigenvalue weighted by Crippen LogP contribution is -2.01. The van der Waals surface area contributed by atoms with Gasteiger partial charge in [0.2, 0.25) is 5.56 Å². The van der Waals surface area contributed by atoms with Gasteiger partial charge in [-0.3, -0.25) is 4.79 Å². The fourth-order valence-corrected chi connectivity index (χ4v) is 1.90. The fourth-order valence-electron chi connectivity index (χ4n) is 1.90. The van der Waals surface area contributed by atoms with E-state index in [1.54, 1.807) is 18.2 Å². The lowest BCUT2D eigenvalue weighted by atomic mass is 10.2. The van der Waals surface area contributed by atoms with Gasteiger partial charge in [0, 0.05) is 17.8 Å². The van der Waals surface area contributed by atoms with Crippen molar-refractivity contribution in [2.45, 2.75) is 0 Å². The number of carboxylic acid groups (broad SMARTS) is 1. The standard InChI is InChI=1S/C13H9N3O3/c17-10-5-4-7(6-14-10)12-15-9-3-1-2-8(13(18)19)11(9)16-12/h1-6H,(H,14,17)(H,15,16)(H,18,19). The maximum Gasteiger partial charge on any atom is 0.337 e. The van der Waals surface area contributed by atoms with Gasteiger partial charge in [0.05, 0.1) is 11.1 Å². The lowest BCUT2D eigenvalue weighted by Gasteiger charge is -1.94. The van der Waals surface area contributed by atoms with Crippen LogP contribution < -0.4 is 5.56 Å². The van der Waals surface area contributed by atoms with Crippen LogP contribution in [0, 0.1) is 0 Å². The molecule has 0 bridgehead atoms. The Morgan fingerprint density at radius 3 is 2.74 bits per heavy atom. The monoisotopic (exact) mass is 255 g/mol. The maximum atomic E-state index is 11.1. The van der Waals surface area contributed by atoms with E-state index in [1.165, 1.54) is 18.3 Å². The second-order valence-electron chi connectivity index (χ2n) is 4.03. The van der Waals surface area contributed by atoms with Crippen molar-refractivity contribution < 1.29 is 9.90 Å². The molecule has 3 N–H and O–H groups in total. The summed E-state index contributed by atoms with van der Waals surface area (Å²) in [4.78, 5) is 32.0. The number of nitrogens with one attached hydrogen (secondary N) is 2. The molecule has 0 atom stereocenters. The first kappa shape index (κ1) is 11.2. The Kier molecular flexibility index (Phi) is 2.42. The Bertz CT molecular complexity index is 812. The quantitative estimate of drug-likeness (QED) is 0.647. The third-order valence-electron chi connectivity index (χ3n) is 2.80. The van der Waals surface area contributed by atoms with Gasteiger partial charge in [-0.2, -0.15) is 0 Å². The molecule has 3 aromatic rings. The summed E-state index contributed by atoms with van der Waals surface area (Å²) in [7, 11) is 0. The number of para-hydroxylation sites is 1. The molecule has 0 aliphatic rings. The van der Waals surface area contributed by atoms with Gasteiger partial charge in [0.1, 0.15) is 11.3 Å². The van der Waals surface area contributed by atoms with Crippen molar-refractivity contribution in [3.8, 4) is 11.4 Å². The molecule has 1 aromatic carbocycles. The number of hydrogen-bond donors (Lipinski definition) is 3. The molecule has 0 spiro atoms. The Hall–Kier alpha value is -2.89. The summed E-state index contributed by atoms with van der Waals surface area (Å²) in [5, 5.41) is 9.10. The summed E-state index contributed by atoms with van der Waals surface area (Å²) < 4.78 is 0. The highest BCUT2D eigenvalue weighted by atomic mass is 16.4. The predicted molar refractivity (Wildman–Crippen MR) is 69.1 cm³/mol. The Labute approximate surface area is 106 Å². The van der Waals surface area contributed by atoms with Crippen LogP contribution in [0.25, 0.3) is 22.4 Å². The molecular weight excluding hydrogens is 246 g/mol. The van der Waals surface area contributed by atoms with Crippen LogP contribution in [0.2, 0.25) is 0 Å². The summed E-state index contributed by atoms with van der Waals surface area (Å²) >= 11 is 0. The summed E-state index contributed by atoms with van der Waals surface area (Å²) in [6.07, 6.45) is 1.53. The molecule has 6 nitrogen and oxygen atoms in total. The van der Waals surface area contributed by atoms with Crippen LogP contribution in [0.15, 0.2) is 41.3 Å². The van der Waals surface area contributed by atoms with Crippen LogP contribution in [-0.4, -0.2) is 26.0 Å². The van der Waals surface area contributed by atoms with Crippen LogP contribution in [0.5, 0.6) is 0 Å². The molecule has 0 saturated heterocycles. The van der Waals surface area contributed by atoms with Crippen molar-refractivity contribution in [1.82, 2.24) is 15.0 Å². The number of hydrogen-bond acceptors (Lipinski definition) is 3.